The molecule has 0 fully saturated rings. The van der Waals surface area contributed by atoms with Gasteiger partial charge in [-0.2, -0.15) is 0 Å². The minimum atomic E-state index is 0.249. The summed E-state index contributed by atoms with van der Waals surface area (Å²) in [6, 6.07) is 6.52. The molecule has 0 aliphatic heterocycles. The summed E-state index contributed by atoms with van der Waals surface area (Å²) < 4.78 is 0. The van der Waals surface area contributed by atoms with Gasteiger partial charge in [-0.15, -0.1) is 0 Å². The molecule has 1 aliphatic carbocycles. The number of Topliss-reactive ketones (excluding diaryl/α,β-unsaturated/α-hetero) is 1. The average Bonchev–Trinajstić information content (AvgIpc) is 2.43. The summed E-state index contributed by atoms with van der Waals surface area (Å²) in [5.41, 5.74) is 6.54. The highest BCUT2D eigenvalue weighted by atomic mass is 16.1. The monoisotopic (exact) mass is 200 g/mol. The number of allylic oxidation sites excluding steroid dienone is 2. The summed E-state index contributed by atoms with van der Waals surface area (Å²) in [4.78, 5) is 11.2. The first-order valence-corrected chi connectivity index (χ1v) is 5.36. The van der Waals surface area contributed by atoms with E-state index in [1.54, 1.807) is 6.92 Å². The standard InChI is InChI=1S/C14H16O/c1-9-4-5-12-7-10(2)13(8-11(3)15)14(12)6-9/h4-6H,7-8H2,1-3H3. The van der Waals surface area contributed by atoms with E-state index in [-0.39, 0.29) is 5.78 Å². The second-order valence-electron chi connectivity index (χ2n) is 4.48. The lowest BCUT2D eigenvalue weighted by molar-refractivity contribution is -0.116. The summed E-state index contributed by atoms with van der Waals surface area (Å²) in [7, 11) is 0. The Kier molecular flexibility index (Phi) is 2.47. The van der Waals surface area contributed by atoms with Crippen molar-refractivity contribution in [3.8, 4) is 0 Å². The van der Waals surface area contributed by atoms with E-state index in [4.69, 9.17) is 0 Å². The van der Waals surface area contributed by atoms with E-state index < -0.39 is 0 Å². The maximum Gasteiger partial charge on any atom is 0.134 e. The van der Waals surface area contributed by atoms with Crippen molar-refractivity contribution in [2.45, 2.75) is 33.6 Å². The van der Waals surface area contributed by atoms with Crippen LogP contribution in [0.1, 0.15) is 37.0 Å². The van der Waals surface area contributed by atoms with Crippen molar-refractivity contribution < 1.29 is 4.79 Å². The molecule has 0 amide bonds. The maximum atomic E-state index is 11.2. The molecule has 1 aromatic rings. The number of rotatable bonds is 2. The lowest BCUT2D eigenvalue weighted by Gasteiger charge is -2.05. The Morgan fingerprint density at radius 1 is 1.33 bits per heavy atom. The van der Waals surface area contributed by atoms with Crippen LogP contribution < -0.4 is 0 Å². The Balaban J connectivity index is 2.45. The molecule has 15 heavy (non-hydrogen) atoms. The van der Waals surface area contributed by atoms with Crippen molar-refractivity contribution in [1.29, 1.82) is 0 Å². The second kappa shape index (κ2) is 3.65. The van der Waals surface area contributed by atoms with Gasteiger partial charge in [0, 0.05) is 6.42 Å². The fraction of sp³-hybridized carbons (Fsp3) is 0.357. The van der Waals surface area contributed by atoms with Gasteiger partial charge in [0.15, 0.2) is 0 Å². The zero-order valence-electron chi connectivity index (χ0n) is 9.55. The molecule has 78 valence electrons. The van der Waals surface area contributed by atoms with Crippen LogP contribution in [0.15, 0.2) is 23.8 Å². The zero-order valence-corrected chi connectivity index (χ0v) is 9.55. The van der Waals surface area contributed by atoms with Crippen LogP contribution in [-0.2, 0) is 11.2 Å². The molecule has 1 heteroatoms. The van der Waals surface area contributed by atoms with E-state index in [1.165, 1.54) is 27.8 Å². The van der Waals surface area contributed by atoms with Crippen LogP contribution in [0.5, 0.6) is 0 Å². The van der Waals surface area contributed by atoms with Gasteiger partial charge in [0.25, 0.3) is 0 Å². The molecule has 0 unspecified atom stereocenters. The van der Waals surface area contributed by atoms with E-state index >= 15 is 0 Å². The largest absolute Gasteiger partial charge is 0.300 e. The van der Waals surface area contributed by atoms with Crippen LogP contribution in [0.4, 0.5) is 0 Å². The number of benzene rings is 1. The highest BCUT2D eigenvalue weighted by Gasteiger charge is 2.19. The molecule has 1 aromatic carbocycles. The van der Waals surface area contributed by atoms with Crippen molar-refractivity contribution >= 4 is 11.4 Å². The van der Waals surface area contributed by atoms with Gasteiger partial charge in [0.1, 0.15) is 5.78 Å². The van der Waals surface area contributed by atoms with Crippen LogP contribution >= 0.6 is 0 Å². The SMILES string of the molecule is CC(=O)CC1=C(C)Cc2ccc(C)cc21. The van der Waals surface area contributed by atoms with Gasteiger partial charge in [0.05, 0.1) is 0 Å². The zero-order chi connectivity index (χ0) is 11.0. The van der Waals surface area contributed by atoms with Crippen LogP contribution in [0.2, 0.25) is 0 Å². The maximum absolute atomic E-state index is 11.2. The van der Waals surface area contributed by atoms with Crippen LogP contribution in [0.25, 0.3) is 5.57 Å². The smallest absolute Gasteiger partial charge is 0.134 e. The van der Waals surface area contributed by atoms with Crippen LogP contribution in [0, 0.1) is 6.92 Å². The lowest BCUT2D eigenvalue weighted by Crippen LogP contribution is -1.93. The number of hydrogen-bond donors (Lipinski definition) is 0. The molecule has 0 saturated heterocycles. The van der Waals surface area contributed by atoms with Gasteiger partial charge in [-0.05, 0) is 43.9 Å². The topological polar surface area (TPSA) is 17.1 Å². The highest BCUT2D eigenvalue weighted by molar-refractivity contribution is 5.91. The van der Waals surface area contributed by atoms with Crippen molar-refractivity contribution in [2.75, 3.05) is 0 Å². The predicted molar refractivity (Wildman–Crippen MR) is 62.8 cm³/mol. The summed E-state index contributed by atoms with van der Waals surface area (Å²) in [5, 5.41) is 0. The molecule has 0 atom stereocenters. The van der Waals surface area contributed by atoms with E-state index in [0.717, 1.165) is 6.42 Å². The van der Waals surface area contributed by atoms with Crippen molar-refractivity contribution in [1.82, 2.24) is 0 Å². The number of aryl methyl sites for hydroxylation is 1. The third-order valence-corrected chi connectivity index (χ3v) is 2.99. The molecule has 0 aromatic heterocycles. The molecule has 1 nitrogen and oxygen atoms in total. The third kappa shape index (κ3) is 1.87. The Bertz CT molecular complexity index is 452. The highest BCUT2D eigenvalue weighted by Crippen LogP contribution is 2.35. The predicted octanol–water partition coefficient (Wildman–Crippen LogP) is 3.30. The molecule has 2 rings (SSSR count). The van der Waals surface area contributed by atoms with Gasteiger partial charge in [-0.3, -0.25) is 4.79 Å². The second-order valence-corrected chi connectivity index (χ2v) is 4.48. The summed E-state index contributed by atoms with van der Waals surface area (Å²) in [6.45, 7) is 5.89. The Hall–Kier alpha value is -1.37. The number of carbonyl (C=O) groups is 1. The van der Waals surface area contributed by atoms with E-state index in [0.29, 0.717) is 6.42 Å². The first kappa shape index (κ1) is 10.2. The van der Waals surface area contributed by atoms with Crippen LogP contribution in [0.3, 0.4) is 0 Å². The first-order chi connectivity index (χ1) is 7.08. The lowest BCUT2D eigenvalue weighted by atomic mass is 9.99. The number of fused-ring (bicyclic) bond motifs is 1. The number of carbonyl (C=O) groups excluding carboxylic acids is 1. The fourth-order valence-electron chi connectivity index (χ4n) is 2.24. The average molecular weight is 200 g/mol. The van der Waals surface area contributed by atoms with Gasteiger partial charge in [-0.25, -0.2) is 0 Å². The molecular weight excluding hydrogens is 184 g/mol. The summed E-state index contributed by atoms with van der Waals surface area (Å²) in [6.07, 6.45) is 1.60. The summed E-state index contributed by atoms with van der Waals surface area (Å²) in [5.74, 6) is 0.249. The normalized spacial score (nSPS) is 14.3. The van der Waals surface area contributed by atoms with Gasteiger partial charge in [0.2, 0.25) is 0 Å². The van der Waals surface area contributed by atoms with E-state index in [9.17, 15) is 4.79 Å². The van der Waals surface area contributed by atoms with E-state index in [2.05, 4.69) is 32.0 Å². The molecule has 0 saturated carbocycles. The van der Waals surface area contributed by atoms with Gasteiger partial charge in [-0.1, -0.05) is 29.3 Å². The first-order valence-electron chi connectivity index (χ1n) is 5.36. The van der Waals surface area contributed by atoms with Crippen molar-refractivity contribution in [2.24, 2.45) is 0 Å². The number of hydrogen-bond acceptors (Lipinski definition) is 1. The third-order valence-electron chi connectivity index (χ3n) is 2.99. The minimum absolute atomic E-state index is 0.249. The molecule has 0 radical (unpaired) electrons. The quantitative estimate of drug-likeness (QED) is 0.715. The van der Waals surface area contributed by atoms with Crippen molar-refractivity contribution in [3.05, 3.63) is 40.5 Å². The minimum Gasteiger partial charge on any atom is -0.300 e. The fourth-order valence-corrected chi connectivity index (χ4v) is 2.24. The van der Waals surface area contributed by atoms with Gasteiger partial charge >= 0.3 is 0 Å². The molecule has 0 heterocycles. The Labute approximate surface area is 90.8 Å². The molecule has 0 N–H and O–H groups in total. The Morgan fingerprint density at radius 3 is 2.73 bits per heavy atom. The van der Waals surface area contributed by atoms with E-state index in [1.807, 2.05) is 0 Å². The summed E-state index contributed by atoms with van der Waals surface area (Å²) >= 11 is 0. The number of ketones is 1. The Morgan fingerprint density at radius 2 is 2.07 bits per heavy atom. The van der Waals surface area contributed by atoms with Gasteiger partial charge < -0.3 is 0 Å². The van der Waals surface area contributed by atoms with Crippen molar-refractivity contribution in [3.63, 3.8) is 0 Å². The molecule has 0 spiro atoms. The molecular formula is C14H16O. The van der Waals surface area contributed by atoms with Crippen LogP contribution in [-0.4, -0.2) is 5.78 Å². The molecule has 0 bridgehead atoms. The molecule has 1 aliphatic rings.